The second-order valence-corrected chi connectivity index (χ2v) is 5.85. The van der Waals surface area contributed by atoms with Gasteiger partial charge in [-0.15, -0.1) is 10.2 Å². The van der Waals surface area contributed by atoms with Gasteiger partial charge in [0, 0.05) is 6.42 Å². The molecule has 1 aromatic carbocycles. The van der Waals surface area contributed by atoms with Crippen LogP contribution in [-0.2, 0) is 11.2 Å². The van der Waals surface area contributed by atoms with Crippen LogP contribution in [0.2, 0.25) is 0 Å². The van der Waals surface area contributed by atoms with E-state index in [1.54, 1.807) is 6.08 Å². The van der Waals surface area contributed by atoms with Gasteiger partial charge < -0.3 is 0 Å². The van der Waals surface area contributed by atoms with Gasteiger partial charge in [0.05, 0.1) is 0 Å². The number of rotatable bonds is 5. The fourth-order valence-corrected chi connectivity index (χ4v) is 2.70. The summed E-state index contributed by atoms with van der Waals surface area (Å²) in [4.78, 5) is 12.1. The maximum absolute atomic E-state index is 12.1. The van der Waals surface area contributed by atoms with Crippen LogP contribution >= 0.6 is 11.3 Å². The Labute approximate surface area is 133 Å². The minimum Gasteiger partial charge on any atom is -0.296 e. The van der Waals surface area contributed by atoms with Crippen molar-refractivity contribution >= 4 is 28.5 Å². The van der Waals surface area contributed by atoms with Gasteiger partial charge in [0.25, 0.3) is 5.91 Å². The molecule has 22 heavy (non-hydrogen) atoms. The summed E-state index contributed by atoms with van der Waals surface area (Å²) in [6.45, 7) is 4.01. The highest BCUT2D eigenvalue weighted by molar-refractivity contribution is 7.15. The van der Waals surface area contributed by atoms with E-state index in [1.807, 2.05) is 37.3 Å². The third-order valence-corrected chi connectivity index (χ3v) is 3.77. The molecular weight excluding hydrogens is 296 g/mol. The van der Waals surface area contributed by atoms with Crippen LogP contribution in [0.3, 0.4) is 0 Å². The maximum atomic E-state index is 12.1. The molecule has 0 aliphatic carbocycles. The molecule has 0 spiro atoms. The molecule has 5 nitrogen and oxygen atoms in total. The molecular formula is C16H16N4OS. The molecule has 0 aliphatic rings. The van der Waals surface area contributed by atoms with Gasteiger partial charge in [0.2, 0.25) is 5.13 Å². The summed E-state index contributed by atoms with van der Waals surface area (Å²) in [5.74, 6) is -0.469. The fraction of sp³-hybridized carbons (Fsp3) is 0.250. The molecule has 1 N–H and O–H groups in total. The monoisotopic (exact) mass is 312 g/mol. The van der Waals surface area contributed by atoms with Crippen LogP contribution in [0.4, 0.5) is 5.13 Å². The van der Waals surface area contributed by atoms with Crippen molar-refractivity contribution in [1.29, 1.82) is 5.26 Å². The highest BCUT2D eigenvalue weighted by Crippen LogP contribution is 2.18. The smallest absolute Gasteiger partial charge is 0.268 e. The summed E-state index contributed by atoms with van der Waals surface area (Å²) in [6.07, 6.45) is 3.37. The zero-order valence-corrected chi connectivity index (χ0v) is 13.3. The average Bonchev–Trinajstić information content (AvgIpc) is 2.92. The van der Waals surface area contributed by atoms with Crippen molar-refractivity contribution in [1.82, 2.24) is 10.2 Å². The summed E-state index contributed by atoms with van der Waals surface area (Å²) in [7, 11) is 0. The first-order valence-electron chi connectivity index (χ1n) is 6.94. The van der Waals surface area contributed by atoms with Crippen molar-refractivity contribution in [3.8, 4) is 6.07 Å². The molecule has 0 radical (unpaired) electrons. The van der Waals surface area contributed by atoms with Gasteiger partial charge >= 0.3 is 0 Å². The molecule has 1 heterocycles. The molecule has 0 fully saturated rings. The van der Waals surface area contributed by atoms with Gasteiger partial charge in [-0.25, -0.2) is 0 Å². The lowest BCUT2D eigenvalue weighted by atomic mass is 10.1. The number of nitriles is 1. The van der Waals surface area contributed by atoms with Gasteiger partial charge in [-0.1, -0.05) is 48.1 Å². The SMILES string of the molecule is CCCc1nnc(NC(=O)/C(C#N)=C\c2cccc(C)c2)s1. The number of nitrogens with one attached hydrogen (secondary N) is 1. The minimum atomic E-state index is -0.469. The number of nitrogens with zero attached hydrogens (tertiary/aromatic N) is 3. The van der Waals surface area contributed by atoms with Crippen molar-refractivity contribution < 1.29 is 4.79 Å². The Kier molecular flexibility index (Phi) is 5.39. The van der Waals surface area contributed by atoms with Crippen molar-refractivity contribution in [2.45, 2.75) is 26.7 Å². The van der Waals surface area contributed by atoms with Crippen LogP contribution in [0.15, 0.2) is 29.8 Å². The number of anilines is 1. The number of carbonyl (C=O) groups excluding carboxylic acids is 1. The number of benzene rings is 1. The third kappa shape index (κ3) is 4.24. The maximum Gasteiger partial charge on any atom is 0.268 e. The Morgan fingerprint density at radius 3 is 2.95 bits per heavy atom. The van der Waals surface area contributed by atoms with Crippen LogP contribution in [-0.4, -0.2) is 16.1 Å². The zero-order chi connectivity index (χ0) is 15.9. The van der Waals surface area contributed by atoms with Crippen molar-refractivity contribution in [2.75, 3.05) is 5.32 Å². The van der Waals surface area contributed by atoms with E-state index in [-0.39, 0.29) is 5.57 Å². The van der Waals surface area contributed by atoms with Gasteiger partial charge in [-0.05, 0) is 25.0 Å². The van der Waals surface area contributed by atoms with E-state index < -0.39 is 5.91 Å². The van der Waals surface area contributed by atoms with E-state index in [9.17, 15) is 10.1 Å². The van der Waals surface area contributed by atoms with E-state index in [1.165, 1.54) is 11.3 Å². The summed E-state index contributed by atoms with van der Waals surface area (Å²) in [6, 6.07) is 9.53. The molecule has 6 heteroatoms. The molecule has 0 aliphatic heterocycles. The second-order valence-electron chi connectivity index (χ2n) is 4.79. The largest absolute Gasteiger partial charge is 0.296 e. The molecule has 2 rings (SSSR count). The van der Waals surface area contributed by atoms with Crippen molar-refractivity contribution in [3.05, 3.63) is 46.0 Å². The van der Waals surface area contributed by atoms with Crippen LogP contribution in [0.5, 0.6) is 0 Å². The number of amides is 1. The standard InChI is InChI=1S/C16H16N4OS/c1-3-5-14-19-20-16(22-14)18-15(21)13(10-17)9-12-7-4-6-11(2)8-12/h4,6-9H,3,5H2,1-2H3,(H,18,20,21)/b13-9-. The number of hydrogen-bond donors (Lipinski definition) is 1. The van der Waals surface area contributed by atoms with Crippen LogP contribution < -0.4 is 5.32 Å². The number of hydrogen-bond acceptors (Lipinski definition) is 5. The molecule has 0 saturated carbocycles. The first-order chi connectivity index (χ1) is 10.6. The summed E-state index contributed by atoms with van der Waals surface area (Å²) < 4.78 is 0. The van der Waals surface area contributed by atoms with E-state index in [4.69, 9.17) is 0 Å². The molecule has 1 amide bonds. The highest BCUT2D eigenvalue weighted by Gasteiger charge is 2.12. The Morgan fingerprint density at radius 1 is 1.45 bits per heavy atom. The lowest BCUT2D eigenvalue weighted by Gasteiger charge is -2.00. The van der Waals surface area contributed by atoms with Gasteiger partial charge in [-0.3, -0.25) is 10.1 Å². The van der Waals surface area contributed by atoms with E-state index in [0.717, 1.165) is 29.0 Å². The lowest BCUT2D eigenvalue weighted by molar-refractivity contribution is -0.112. The van der Waals surface area contributed by atoms with E-state index in [0.29, 0.717) is 5.13 Å². The Bertz CT molecular complexity index is 743. The van der Waals surface area contributed by atoms with Crippen LogP contribution in [0, 0.1) is 18.3 Å². The Hall–Kier alpha value is -2.52. The normalized spacial score (nSPS) is 11.0. The molecule has 0 saturated heterocycles. The number of aryl methyl sites for hydroxylation is 2. The van der Waals surface area contributed by atoms with Crippen LogP contribution in [0.25, 0.3) is 6.08 Å². The third-order valence-electron chi connectivity index (χ3n) is 2.87. The van der Waals surface area contributed by atoms with E-state index >= 15 is 0 Å². The van der Waals surface area contributed by atoms with E-state index in [2.05, 4.69) is 22.4 Å². The quantitative estimate of drug-likeness (QED) is 0.678. The average molecular weight is 312 g/mol. The first-order valence-corrected chi connectivity index (χ1v) is 7.76. The molecule has 0 bridgehead atoms. The van der Waals surface area contributed by atoms with Crippen molar-refractivity contribution in [3.63, 3.8) is 0 Å². The molecule has 112 valence electrons. The molecule has 1 aromatic heterocycles. The molecule has 0 atom stereocenters. The first kappa shape index (κ1) is 15.9. The van der Waals surface area contributed by atoms with Gasteiger partial charge in [0.15, 0.2) is 0 Å². The molecule has 0 unspecified atom stereocenters. The van der Waals surface area contributed by atoms with Crippen molar-refractivity contribution in [2.24, 2.45) is 0 Å². The predicted octanol–water partition coefficient (Wildman–Crippen LogP) is 3.34. The number of carbonyl (C=O) groups is 1. The Balaban J connectivity index is 2.13. The second kappa shape index (κ2) is 7.48. The summed E-state index contributed by atoms with van der Waals surface area (Å²) >= 11 is 1.33. The highest BCUT2D eigenvalue weighted by atomic mass is 32.1. The zero-order valence-electron chi connectivity index (χ0n) is 12.5. The lowest BCUT2D eigenvalue weighted by Crippen LogP contribution is -2.13. The fourth-order valence-electron chi connectivity index (χ4n) is 1.86. The molecule has 2 aromatic rings. The summed E-state index contributed by atoms with van der Waals surface area (Å²) in [5.41, 5.74) is 1.92. The van der Waals surface area contributed by atoms with Crippen LogP contribution in [0.1, 0.15) is 29.5 Å². The topological polar surface area (TPSA) is 78.7 Å². The summed E-state index contributed by atoms with van der Waals surface area (Å²) in [5, 5.41) is 21.0. The Morgan fingerprint density at radius 2 is 2.27 bits per heavy atom. The van der Waals surface area contributed by atoms with Gasteiger partial charge in [0.1, 0.15) is 16.6 Å². The predicted molar refractivity (Wildman–Crippen MR) is 87.3 cm³/mol. The van der Waals surface area contributed by atoms with Gasteiger partial charge in [-0.2, -0.15) is 5.26 Å². The minimum absolute atomic E-state index is 0.0397. The number of aromatic nitrogens is 2.